The molecule has 0 saturated carbocycles. The Morgan fingerprint density at radius 1 is 1.33 bits per heavy atom. The summed E-state index contributed by atoms with van der Waals surface area (Å²) in [5.74, 6) is 0.470. The summed E-state index contributed by atoms with van der Waals surface area (Å²) in [5, 5.41) is 6.85. The molecule has 1 atom stereocenters. The SMILES string of the molecule is CCNC(c1cccc(COC)c1)c1nc(C(C)C)cs1. The van der Waals surface area contributed by atoms with Crippen LogP contribution in [0.5, 0.6) is 0 Å². The largest absolute Gasteiger partial charge is 0.380 e. The first-order chi connectivity index (χ1) is 10.2. The van der Waals surface area contributed by atoms with E-state index in [4.69, 9.17) is 9.72 Å². The van der Waals surface area contributed by atoms with Gasteiger partial charge in [0, 0.05) is 12.5 Å². The van der Waals surface area contributed by atoms with Crippen LogP contribution in [-0.4, -0.2) is 18.6 Å². The van der Waals surface area contributed by atoms with Crippen molar-refractivity contribution in [3.63, 3.8) is 0 Å². The van der Waals surface area contributed by atoms with E-state index in [1.54, 1.807) is 18.4 Å². The fourth-order valence-corrected chi connectivity index (χ4v) is 3.36. The molecule has 0 amide bonds. The van der Waals surface area contributed by atoms with E-state index in [9.17, 15) is 0 Å². The second-order valence-corrected chi connectivity index (χ2v) is 6.32. The molecule has 1 N–H and O–H groups in total. The Morgan fingerprint density at radius 3 is 2.76 bits per heavy atom. The molecule has 21 heavy (non-hydrogen) atoms. The second kappa shape index (κ2) is 7.69. The Bertz CT molecular complexity index is 565. The van der Waals surface area contributed by atoms with Gasteiger partial charge in [0.25, 0.3) is 0 Å². The molecule has 3 nitrogen and oxygen atoms in total. The quantitative estimate of drug-likeness (QED) is 0.836. The number of nitrogens with zero attached hydrogens (tertiary/aromatic N) is 1. The Labute approximate surface area is 131 Å². The number of ether oxygens (including phenoxy) is 1. The Kier molecular flexibility index (Phi) is 5.91. The van der Waals surface area contributed by atoms with Crippen LogP contribution < -0.4 is 5.32 Å². The Morgan fingerprint density at radius 2 is 2.14 bits per heavy atom. The average Bonchev–Trinajstić information content (AvgIpc) is 2.95. The van der Waals surface area contributed by atoms with Gasteiger partial charge >= 0.3 is 0 Å². The maximum Gasteiger partial charge on any atom is 0.114 e. The van der Waals surface area contributed by atoms with Crippen LogP contribution in [0.2, 0.25) is 0 Å². The molecular weight excluding hydrogens is 280 g/mol. The maximum atomic E-state index is 5.23. The predicted octanol–water partition coefficient (Wildman–Crippen LogP) is 4.11. The molecule has 0 aliphatic rings. The number of hydrogen-bond donors (Lipinski definition) is 1. The smallest absolute Gasteiger partial charge is 0.114 e. The summed E-state index contributed by atoms with van der Waals surface area (Å²) in [6, 6.07) is 8.70. The first-order valence-corrected chi connectivity index (χ1v) is 8.30. The molecule has 2 aromatic rings. The minimum atomic E-state index is 0.157. The zero-order valence-electron chi connectivity index (χ0n) is 13.2. The number of aromatic nitrogens is 1. The zero-order chi connectivity index (χ0) is 15.2. The van der Waals surface area contributed by atoms with Crippen molar-refractivity contribution >= 4 is 11.3 Å². The van der Waals surface area contributed by atoms with Crippen LogP contribution in [0.3, 0.4) is 0 Å². The molecule has 4 heteroatoms. The molecule has 114 valence electrons. The monoisotopic (exact) mass is 304 g/mol. The van der Waals surface area contributed by atoms with Gasteiger partial charge < -0.3 is 10.1 Å². The summed E-state index contributed by atoms with van der Waals surface area (Å²) in [4.78, 5) is 4.81. The molecule has 0 saturated heterocycles. The molecule has 2 rings (SSSR count). The van der Waals surface area contributed by atoms with Crippen molar-refractivity contribution < 1.29 is 4.74 Å². The molecule has 0 radical (unpaired) electrons. The third-order valence-electron chi connectivity index (χ3n) is 3.38. The van der Waals surface area contributed by atoms with Gasteiger partial charge in [-0.3, -0.25) is 0 Å². The highest BCUT2D eigenvalue weighted by Crippen LogP contribution is 2.28. The van der Waals surface area contributed by atoms with Crippen molar-refractivity contribution in [3.05, 3.63) is 51.5 Å². The summed E-state index contributed by atoms with van der Waals surface area (Å²) in [6.07, 6.45) is 0. The number of methoxy groups -OCH3 is 1. The van der Waals surface area contributed by atoms with Crippen LogP contribution in [0.4, 0.5) is 0 Å². The maximum absolute atomic E-state index is 5.23. The lowest BCUT2D eigenvalue weighted by Crippen LogP contribution is -2.22. The summed E-state index contributed by atoms with van der Waals surface area (Å²) in [6.45, 7) is 8.04. The lowest BCUT2D eigenvalue weighted by atomic mass is 10.0. The summed E-state index contributed by atoms with van der Waals surface area (Å²) in [5.41, 5.74) is 3.61. The highest BCUT2D eigenvalue weighted by atomic mass is 32.1. The van der Waals surface area contributed by atoms with E-state index in [1.807, 2.05) is 0 Å². The standard InChI is InChI=1S/C17H24N2OS/c1-5-18-16(17-19-15(11-21-17)12(2)3)14-8-6-7-13(9-14)10-20-4/h6-9,11-12,16,18H,5,10H2,1-4H3. The van der Waals surface area contributed by atoms with Crippen molar-refractivity contribution in [1.82, 2.24) is 10.3 Å². The van der Waals surface area contributed by atoms with E-state index < -0.39 is 0 Å². The van der Waals surface area contributed by atoms with Gasteiger partial charge in [0.2, 0.25) is 0 Å². The van der Waals surface area contributed by atoms with Crippen LogP contribution >= 0.6 is 11.3 Å². The van der Waals surface area contributed by atoms with E-state index in [1.165, 1.54) is 16.8 Å². The van der Waals surface area contributed by atoms with Crippen LogP contribution in [0.15, 0.2) is 29.6 Å². The van der Waals surface area contributed by atoms with E-state index in [-0.39, 0.29) is 6.04 Å². The molecule has 0 spiro atoms. The van der Waals surface area contributed by atoms with Crippen molar-refractivity contribution in [3.8, 4) is 0 Å². The van der Waals surface area contributed by atoms with E-state index in [0.717, 1.165) is 11.6 Å². The van der Waals surface area contributed by atoms with E-state index in [0.29, 0.717) is 12.5 Å². The second-order valence-electron chi connectivity index (χ2n) is 5.43. The van der Waals surface area contributed by atoms with Crippen molar-refractivity contribution in [2.75, 3.05) is 13.7 Å². The van der Waals surface area contributed by atoms with Gasteiger partial charge in [-0.25, -0.2) is 4.98 Å². The van der Waals surface area contributed by atoms with Gasteiger partial charge in [-0.05, 0) is 23.6 Å². The van der Waals surface area contributed by atoms with Crippen molar-refractivity contribution in [1.29, 1.82) is 0 Å². The van der Waals surface area contributed by atoms with Gasteiger partial charge in [0.1, 0.15) is 5.01 Å². The summed E-state index contributed by atoms with van der Waals surface area (Å²) in [7, 11) is 1.73. The van der Waals surface area contributed by atoms with Crippen molar-refractivity contribution in [2.24, 2.45) is 0 Å². The molecule has 1 aromatic carbocycles. The molecule has 0 aliphatic heterocycles. The Balaban J connectivity index is 2.30. The summed E-state index contributed by atoms with van der Waals surface area (Å²) < 4.78 is 5.23. The number of thiazole rings is 1. The van der Waals surface area contributed by atoms with Gasteiger partial charge in [-0.1, -0.05) is 45.0 Å². The zero-order valence-corrected chi connectivity index (χ0v) is 14.0. The molecule has 0 aliphatic carbocycles. The topological polar surface area (TPSA) is 34.1 Å². The predicted molar refractivity (Wildman–Crippen MR) is 88.9 cm³/mol. The van der Waals surface area contributed by atoms with Gasteiger partial charge in [0.05, 0.1) is 18.3 Å². The van der Waals surface area contributed by atoms with Crippen LogP contribution in [-0.2, 0) is 11.3 Å². The van der Waals surface area contributed by atoms with Gasteiger partial charge in [-0.2, -0.15) is 0 Å². The molecule has 1 unspecified atom stereocenters. The van der Waals surface area contributed by atoms with Crippen LogP contribution in [0.25, 0.3) is 0 Å². The lowest BCUT2D eigenvalue weighted by molar-refractivity contribution is 0.185. The van der Waals surface area contributed by atoms with E-state index in [2.05, 4.69) is 55.7 Å². The normalized spacial score (nSPS) is 12.8. The third kappa shape index (κ3) is 4.13. The minimum absolute atomic E-state index is 0.157. The van der Waals surface area contributed by atoms with E-state index >= 15 is 0 Å². The number of nitrogens with one attached hydrogen (secondary N) is 1. The number of rotatable bonds is 7. The van der Waals surface area contributed by atoms with Gasteiger partial charge in [0.15, 0.2) is 0 Å². The molecule has 0 fully saturated rings. The number of benzene rings is 1. The van der Waals surface area contributed by atoms with Gasteiger partial charge in [-0.15, -0.1) is 11.3 Å². The van der Waals surface area contributed by atoms with Crippen LogP contribution in [0.1, 0.15) is 54.6 Å². The fourth-order valence-electron chi connectivity index (χ4n) is 2.28. The fraction of sp³-hybridized carbons (Fsp3) is 0.471. The highest BCUT2D eigenvalue weighted by molar-refractivity contribution is 7.09. The number of hydrogen-bond acceptors (Lipinski definition) is 4. The highest BCUT2D eigenvalue weighted by Gasteiger charge is 2.18. The Hall–Kier alpha value is -1.23. The van der Waals surface area contributed by atoms with Crippen molar-refractivity contribution in [2.45, 2.75) is 39.3 Å². The molecule has 1 aromatic heterocycles. The lowest BCUT2D eigenvalue weighted by Gasteiger charge is -2.17. The average molecular weight is 304 g/mol. The first-order valence-electron chi connectivity index (χ1n) is 7.42. The summed E-state index contributed by atoms with van der Waals surface area (Å²) >= 11 is 1.74. The molecule has 0 bridgehead atoms. The molecular formula is C17H24N2OS. The first kappa shape index (κ1) is 16.1. The minimum Gasteiger partial charge on any atom is -0.380 e. The van der Waals surface area contributed by atoms with Crippen LogP contribution in [0, 0.1) is 0 Å². The third-order valence-corrected chi connectivity index (χ3v) is 4.31. The molecule has 1 heterocycles.